The third-order valence-electron chi connectivity index (χ3n) is 4.93. The second-order valence-corrected chi connectivity index (χ2v) is 7.90. The Hall–Kier alpha value is -1.54. The highest BCUT2D eigenvalue weighted by Crippen LogP contribution is 2.26. The lowest BCUT2D eigenvalue weighted by Crippen LogP contribution is -2.47. The summed E-state index contributed by atoms with van der Waals surface area (Å²) < 4.78 is 5.34. The van der Waals surface area contributed by atoms with Gasteiger partial charge in [-0.15, -0.1) is 0 Å². The lowest BCUT2D eigenvalue weighted by atomic mass is 9.95. The molecule has 2 aliphatic rings. The number of rotatable bonds is 6. The number of piperidine rings is 1. The van der Waals surface area contributed by atoms with Gasteiger partial charge in [0.2, 0.25) is 5.91 Å². The molecule has 0 bridgehead atoms. The van der Waals surface area contributed by atoms with Crippen LogP contribution in [0, 0.1) is 5.92 Å². The van der Waals surface area contributed by atoms with Gasteiger partial charge < -0.3 is 20.3 Å². The minimum Gasteiger partial charge on any atom is -0.383 e. The van der Waals surface area contributed by atoms with Gasteiger partial charge >= 0.3 is 0 Å². The van der Waals surface area contributed by atoms with Crippen LogP contribution in [0.2, 0.25) is 0 Å². The molecule has 0 atom stereocenters. The van der Waals surface area contributed by atoms with Crippen molar-refractivity contribution in [2.75, 3.05) is 55.8 Å². The summed E-state index contributed by atoms with van der Waals surface area (Å²) in [5, 5.41) is 0.750. The predicted octanol–water partition coefficient (Wildman–Crippen LogP) is 2.03. The third-order valence-corrected chi connectivity index (χ3v) is 5.87. The maximum absolute atomic E-state index is 12.7. The zero-order valence-electron chi connectivity index (χ0n) is 15.5. The van der Waals surface area contributed by atoms with Crippen LogP contribution in [0.15, 0.2) is 11.2 Å². The molecule has 2 N–H and O–H groups in total. The highest BCUT2D eigenvalue weighted by atomic mass is 32.2. The molecule has 0 radical (unpaired) electrons. The normalized spacial score (nSPS) is 19.0. The van der Waals surface area contributed by atoms with E-state index < -0.39 is 0 Å². The molecular weight excluding hydrogens is 350 g/mol. The Morgan fingerprint density at radius 2 is 2.00 bits per heavy atom. The fraction of sp³-hybridized carbons (Fsp3) is 0.722. The number of unbranched alkanes of at least 4 members (excludes halogenated alkanes) is 1. The lowest BCUT2D eigenvalue weighted by molar-refractivity contribution is -0.140. The van der Waals surface area contributed by atoms with Crippen molar-refractivity contribution in [1.82, 2.24) is 14.9 Å². The summed E-state index contributed by atoms with van der Waals surface area (Å²) in [6, 6.07) is 1.84. The number of aromatic nitrogens is 2. The van der Waals surface area contributed by atoms with Crippen LogP contribution in [-0.4, -0.2) is 65.9 Å². The average molecular weight is 380 g/mol. The fourth-order valence-electron chi connectivity index (χ4n) is 3.36. The van der Waals surface area contributed by atoms with Crippen molar-refractivity contribution in [3.05, 3.63) is 6.07 Å². The van der Waals surface area contributed by atoms with Crippen LogP contribution in [0.25, 0.3) is 0 Å². The molecule has 1 amide bonds. The van der Waals surface area contributed by atoms with Crippen LogP contribution < -0.4 is 10.6 Å². The monoisotopic (exact) mass is 379 g/mol. The summed E-state index contributed by atoms with van der Waals surface area (Å²) in [6.45, 7) is 6.59. The summed E-state index contributed by atoms with van der Waals surface area (Å²) in [4.78, 5) is 25.8. The molecule has 7 nitrogen and oxygen atoms in total. The zero-order chi connectivity index (χ0) is 18.4. The van der Waals surface area contributed by atoms with Crippen molar-refractivity contribution in [3.8, 4) is 0 Å². The van der Waals surface area contributed by atoms with E-state index in [0.29, 0.717) is 19.0 Å². The maximum atomic E-state index is 12.7. The van der Waals surface area contributed by atoms with Gasteiger partial charge in [0.15, 0.2) is 5.16 Å². The van der Waals surface area contributed by atoms with E-state index >= 15 is 0 Å². The number of anilines is 2. The molecule has 3 heterocycles. The Bertz CT molecular complexity index is 601. The molecule has 144 valence electrons. The number of amides is 1. The van der Waals surface area contributed by atoms with Gasteiger partial charge in [-0.05, 0) is 19.3 Å². The van der Waals surface area contributed by atoms with E-state index in [1.165, 1.54) is 0 Å². The van der Waals surface area contributed by atoms with E-state index in [1.54, 1.807) is 11.8 Å². The van der Waals surface area contributed by atoms with Crippen molar-refractivity contribution < 1.29 is 9.53 Å². The van der Waals surface area contributed by atoms with Crippen molar-refractivity contribution in [2.24, 2.45) is 5.92 Å². The number of thioether (sulfide) groups is 1. The molecule has 2 fully saturated rings. The molecule has 0 spiro atoms. The number of carbonyl (C=O) groups excluding carboxylic acids is 1. The number of nitrogens with zero attached hydrogens (tertiary/aromatic N) is 4. The average Bonchev–Trinajstić information content (AvgIpc) is 2.68. The quantitative estimate of drug-likeness (QED) is 0.460. The van der Waals surface area contributed by atoms with Crippen molar-refractivity contribution in [3.63, 3.8) is 0 Å². The van der Waals surface area contributed by atoms with E-state index in [2.05, 4.69) is 21.8 Å². The van der Waals surface area contributed by atoms with E-state index in [0.717, 1.165) is 68.6 Å². The van der Waals surface area contributed by atoms with E-state index in [-0.39, 0.29) is 11.8 Å². The maximum Gasteiger partial charge on any atom is 0.225 e. The third kappa shape index (κ3) is 5.01. The van der Waals surface area contributed by atoms with Crippen LogP contribution in [0.4, 0.5) is 11.6 Å². The van der Waals surface area contributed by atoms with Gasteiger partial charge in [-0.25, -0.2) is 9.97 Å². The highest BCUT2D eigenvalue weighted by Gasteiger charge is 2.30. The minimum absolute atomic E-state index is 0.113. The summed E-state index contributed by atoms with van der Waals surface area (Å²) in [5.41, 5.74) is 5.98. The molecule has 26 heavy (non-hydrogen) atoms. The van der Waals surface area contributed by atoms with Gasteiger partial charge in [-0.3, -0.25) is 4.79 Å². The Morgan fingerprint density at radius 3 is 2.69 bits per heavy atom. The van der Waals surface area contributed by atoms with Crippen LogP contribution >= 0.6 is 11.8 Å². The molecular formula is C18H29N5O2S. The molecule has 0 aliphatic carbocycles. The fourth-order valence-corrected chi connectivity index (χ4v) is 4.31. The molecule has 1 aromatic heterocycles. The standard InChI is InChI=1S/C18H29N5O2S/c1-2-3-12-26-18-20-15(19)13-16(21-18)22-6-4-14(5-7-22)17(24)23-8-10-25-11-9-23/h13-14H,2-12H2,1H3,(H2,19,20,21). The number of hydrogen-bond acceptors (Lipinski definition) is 7. The van der Waals surface area contributed by atoms with E-state index in [4.69, 9.17) is 10.5 Å². The first kappa shape index (κ1) is 19.2. The number of hydrogen-bond donors (Lipinski definition) is 1. The topological polar surface area (TPSA) is 84.6 Å². The Labute approximate surface area is 159 Å². The summed E-state index contributed by atoms with van der Waals surface area (Å²) in [6.07, 6.45) is 4.02. The van der Waals surface area contributed by atoms with Gasteiger partial charge in [0, 0.05) is 43.9 Å². The van der Waals surface area contributed by atoms with Gasteiger partial charge in [-0.2, -0.15) is 0 Å². The minimum atomic E-state index is 0.113. The van der Waals surface area contributed by atoms with Gasteiger partial charge in [0.25, 0.3) is 0 Å². The first-order valence-corrected chi connectivity index (χ1v) is 10.5. The number of carbonyl (C=O) groups is 1. The number of morpholine rings is 1. The Balaban J connectivity index is 1.56. The molecule has 3 rings (SSSR count). The summed E-state index contributed by atoms with van der Waals surface area (Å²) in [5.74, 6) is 2.80. The second-order valence-electron chi connectivity index (χ2n) is 6.83. The van der Waals surface area contributed by atoms with Crippen molar-refractivity contribution >= 4 is 29.3 Å². The molecule has 0 unspecified atom stereocenters. The second kappa shape index (κ2) is 9.41. The van der Waals surface area contributed by atoms with Crippen molar-refractivity contribution in [2.45, 2.75) is 37.8 Å². The van der Waals surface area contributed by atoms with Crippen molar-refractivity contribution in [1.29, 1.82) is 0 Å². The van der Waals surface area contributed by atoms with E-state index in [1.807, 2.05) is 11.0 Å². The molecule has 0 aromatic carbocycles. The van der Waals surface area contributed by atoms with Gasteiger partial charge in [0.05, 0.1) is 13.2 Å². The summed E-state index contributed by atoms with van der Waals surface area (Å²) >= 11 is 1.66. The van der Waals surface area contributed by atoms with E-state index in [9.17, 15) is 4.79 Å². The Morgan fingerprint density at radius 1 is 1.27 bits per heavy atom. The van der Waals surface area contributed by atoms with Crippen LogP contribution in [0.3, 0.4) is 0 Å². The predicted molar refractivity (Wildman–Crippen MR) is 104 cm³/mol. The lowest BCUT2D eigenvalue weighted by Gasteiger charge is -2.36. The molecule has 0 saturated carbocycles. The van der Waals surface area contributed by atoms with Crippen LogP contribution in [0.1, 0.15) is 32.6 Å². The summed E-state index contributed by atoms with van der Waals surface area (Å²) in [7, 11) is 0. The SMILES string of the molecule is CCCCSc1nc(N)cc(N2CCC(C(=O)N3CCOCC3)CC2)n1. The van der Waals surface area contributed by atoms with Gasteiger partial charge in [0.1, 0.15) is 11.6 Å². The smallest absolute Gasteiger partial charge is 0.225 e. The first-order chi connectivity index (χ1) is 12.7. The molecule has 2 aliphatic heterocycles. The van der Waals surface area contributed by atoms with Gasteiger partial charge in [-0.1, -0.05) is 25.1 Å². The molecule has 2 saturated heterocycles. The highest BCUT2D eigenvalue weighted by molar-refractivity contribution is 7.99. The number of nitrogen functional groups attached to an aromatic ring is 1. The number of ether oxygens (including phenoxy) is 1. The number of nitrogens with two attached hydrogens (primary N) is 1. The van der Waals surface area contributed by atoms with Crippen LogP contribution in [-0.2, 0) is 9.53 Å². The van der Waals surface area contributed by atoms with Crippen LogP contribution in [0.5, 0.6) is 0 Å². The molecule has 8 heteroatoms. The molecule has 1 aromatic rings. The largest absolute Gasteiger partial charge is 0.383 e. The zero-order valence-corrected chi connectivity index (χ0v) is 16.3. The Kier molecular flexibility index (Phi) is 6.96. The first-order valence-electron chi connectivity index (χ1n) is 9.56.